The van der Waals surface area contributed by atoms with Crippen molar-refractivity contribution >= 4 is 46.0 Å². The molecule has 0 aliphatic carbocycles. The van der Waals surface area contributed by atoms with Crippen LogP contribution in [0.15, 0.2) is 120 Å². The first-order valence-corrected chi connectivity index (χ1v) is 20.8. The molecular weight excluding hydrogens is 862 g/mol. The molecule has 0 atom stereocenters. The van der Waals surface area contributed by atoms with Crippen LogP contribution in [0.1, 0.15) is 19.4 Å². The van der Waals surface area contributed by atoms with E-state index in [0.717, 1.165) is 51.0 Å². The van der Waals surface area contributed by atoms with E-state index >= 15 is 0 Å². The Morgan fingerprint density at radius 3 is 2.21 bits per heavy atom. The maximum Gasteiger partial charge on any atom is 0.195 e. The van der Waals surface area contributed by atoms with Crippen LogP contribution in [-0.4, -0.2) is 18.0 Å². The summed E-state index contributed by atoms with van der Waals surface area (Å²) in [6.45, 7) is 11.7. The first-order valence-electron chi connectivity index (χ1n) is 17.3. The number of nitrogens with zero attached hydrogens (tertiary/aromatic N) is 2. The van der Waals surface area contributed by atoms with Crippen molar-refractivity contribution in [1.82, 2.24) is 9.97 Å². The van der Waals surface area contributed by atoms with Gasteiger partial charge in [-0.1, -0.05) is 98.5 Å². The number of halogens is 3. The fourth-order valence-corrected chi connectivity index (χ4v) is 8.14. The molecule has 0 amide bonds. The molecule has 53 heavy (non-hydrogen) atoms. The molecule has 8 heteroatoms. The van der Waals surface area contributed by atoms with Crippen LogP contribution in [0.2, 0.25) is 19.6 Å². The third-order valence-corrected chi connectivity index (χ3v) is 11.1. The first kappa shape index (κ1) is 37.9. The zero-order chi connectivity index (χ0) is 36.6. The number of hydrogen-bond acceptors (Lipinski definition) is 3. The summed E-state index contributed by atoms with van der Waals surface area (Å²) in [6.07, 6.45) is 5.05. The minimum atomic E-state index is -1.49. The molecule has 0 bridgehead atoms. The molecule has 0 fully saturated rings. The predicted molar refractivity (Wildman–Crippen MR) is 209 cm³/mol. The molecule has 0 saturated heterocycles. The van der Waals surface area contributed by atoms with Gasteiger partial charge in [-0.15, -0.1) is 54.1 Å². The fourth-order valence-electron chi connectivity index (χ4n) is 6.55. The van der Waals surface area contributed by atoms with E-state index in [1.54, 1.807) is 18.2 Å². The Morgan fingerprint density at radius 1 is 0.717 bits per heavy atom. The van der Waals surface area contributed by atoms with Crippen LogP contribution in [0.25, 0.3) is 66.4 Å². The minimum Gasteiger partial charge on any atom is -0.501 e. The second-order valence-corrected chi connectivity index (χ2v) is 19.4. The molecule has 0 N–H and O–H groups in total. The van der Waals surface area contributed by atoms with E-state index in [2.05, 4.69) is 73.9 Å². The summed E-state index contributed by atoms with van der Waals surface area (Å²) in [5, 5.41) is 5.26. The van der Waals surface area contributed by atoms with Gasteiger partial charge in [0.05, 0.1) is 13.7 Å². The second-order valence-electron chi connectivity index (χ2n) is 14.4. The predicted octanol–water partition coefficient (Wildman–Crippen LogP) is 12.0. The standard InChI is InChI=1S/C27H13F3NO.C18H24NSi.Ir/c28-22-11-10-18(25(29)26(22)30)16-8-9-19-20-6-3-7-21(27(20)32-24(19)13-16)23-12-15-4-1-2-5-17(15)14-31-23;1-14(2)11-16-12-17(15-9-7-6-8-10-15)19-13-18(16)20(3,4)5;/h1-6,8-14H;6-9,12-14H,11H2,1-5H3;/q2*-1;. The molecule has 3 nitrogen and oxygen atoms in total. The van der Waals surface area contributed by atoms with Gasteiger partial charge in [0.15, 0.2) is 17.5 Å². The van der Waals surface area contributed by atoms with Crippen LogP contribution in [0.5, 0.6) is 0 Å². The minimum absolute atomic E-state index is 0. The number of aromatic nitrogens is 2. The maximum absolute atomic E-state index is 14.3. The molecule has 8 rings (SSSR count). The van der Waals surface area contributed by atoms with Crippen LogP contribution in [0.3, 0.4) is 0 Å². The van der Waals surface area contributed by atoms with Crippen molar-refractivity contribution in [2.24, 2.45) is 5.92 Å². The Hall–Kier alpha value is -4.88. The first-order chi connectivity index (χ1) is 25.0. The summed E-state index contributed by atoms with van der Waals surface area (Å²) >= 11 is 0. The SMILES string of the molecule is CC(C)Cc1cc(-c2[c-]cccc2)ncc1[Si](C)(C)C.Fc1ccc(-c2ccc3c(c2)oc2c(-c4cc5ccccc5cn4)[c-]ccc23)c(F)c1F.[Ir]. The summed E-state index contributed by atoms with van der Waals surface area (Å²) in [5.74, 6) is -3.28. The quantitative estimate of drug-likeness (QED) is 0.0948. The molecule has 8 aromatic rings. The monoisotopic (exact) mass is 899 g/mol. The van der Waals surface area contributed by atoms with Crippen molar-refractivity contribution in [3.63, 3.8) is 0 Å². The second kappa shape index (κ2) is 15.6. The van der Waals surface area contributed by atoms with Gasteiger partial charge in [0.2, 0.25) is 0 Å². The van der Waals surface area contributed by atoms with Gasteiger partial charge in [-0.25, -0.2) is 13.2 Å². The van der Waals surface area contributed by atoms with E-state index in [0.29, 0.717) is 28.2 Å². The van der Waals surface area contributed by atoms with Crippen molar-refractivity contribution in [3.8, 4) is 33.6 Å². The topological polar surface area (TPSA) is 38.9 Å². The van der Waals surface area contributed by atoms with Crippen molar-refractivity contribution in [2.45, 2.75) is 39.9 Å². The van der Waals surface area contributed by atoms with E-state index in [1.165, 1.54) is 16.8 Å². The number of benzene rings is 5. The average Bonchev–Trinajstić information content (AvgIpc) is 3.52. The van der Waals surface area contributed by atoms with Gasteiger partial charge in [0, 0.05) is 43.4 Å². The Kier molecular flexibility index (Phi) is 11.2. The zero-order valence-electron chi connectivity index (χ0n) is 30.0. The molecule has 1 radical (unpaired) electrons. The summed E-state index contributed by atoms with van der Waals surface area (Å²) in [6, 6.07) is 37.7. The molecule has 0 aliphatic rings. The van der Waals surface area contributed by atoms with Crippen LogP contribution >= 0.6 is 0 Å². The maximum atomic E-state index is 14.3. The molecular formula is C45H37F3IrN2OSi-2. The molecule has 0 unspecified atom stereocenters. The molecule has 3 aromatic heterocycles. The summed E-state index contributed by atoms with van der Waals surface area (Å²) in [7, 11) is -1.34. The van der Waals surface area contributed by atoms with Crippen molar-refractivity contribution < 1.29 is 37.7 Å². The number of furan rings is 1. The van der Waals surface area contributed by atoms with Gasteiger partial charge in [0.25, 0.3) is 0 Å². The van der Waals surface area contributed by atoms with Crippen molar-refractivity contribution in [3.05, 3.63) is 151 Å². The molecule has 0 spiro atoms. The third-order valence-electron chi connectivity index (χ3n) is 9.08. The van der Waals surface area contributed by atoms with E-state index in [9.17, 15) is 13.2 Å². The Labute approximate surface area is 322 Å². The fraction of sp³-hybridized carbons (Fsp3) is 0.156. The van der Waals surface area contributed by atoms with E-state index < -0.39 is 25.5 Å². The molecule has 3 heterocycles. The van der Waals surface area contributed by atoms with Gasteiger partial charge >= 0.3 is 0 Å². The van der Waals surface area contributed by atoms with Gasteiger partial charge in [-0.05, 0) is 63.4 Å². The molecule has 269 valence electrons. The Balaban J connectivity index is 0.000000199. The van der Waals surface area contributed by atoms with E-state index in [-0.39, 0.29) is 25.7 Å². The van der Waals surface area contributed by atoms with Gasteiger partial charge < -0.3 is 14.4 Å². The van der Waals surface area contributed by atoms with Crippen molar-refractivity contribution in [2.75, 3.05) is 0 Å². The summed E-state index contributed by atoms with van der Waals surface area (Å²) in [4.78, 5) is 9.26. The summed E-state index contributed by atoms with van der Waals surface area (Å²) in [5.41, 5.74) is 6.50. The number of rotatable bonds is 6. The van der Waals surface area contributed by atoms with Crippen molar-refractivity contribution in [1.29, 1.82) is 0 Å². The largest absolute Gasteiger partial charge is 0.501 e. The number of hydrogen-bond donors (Lipinski definition) is 0. The van der Waals surface area contributed by atoms with Crippen LogP contribution in [-0.2, 0) is 26.5 Å². The molecule has 5 aromatic carbocycles. The Morgan fingerprint density at radius 2 is 1.47 bits per heavy atom. The van der Waals surface area contributed by atoms with E-state index in [1.807, 2.05) is 66.9 Å². The summed E-state index contributed by atoms with van der Waals surface area (Å²) < 4.78 is 47.5. The average molecular weight is 899 g/mol. The smallest absolute Gasteiger partial charge is 0.195 e. The normalized spacial score (nSPS) is 11.5. The van der Waals surface area contributed by atoms with Gasteiger partial charge in [0.1, 0.15) is 5.58 Å². The van der Waals surface area contributed by atoms with E-state index in [4.69, 9.17) is 4.42 Å². The number of fused-ring (bicyclic) bond motifs is 4. The molecule has 0 aliphatic heterocycles. The van der Waals surface area contributed by atoms with Gasteiger partial charge in [-0.2, -0.15) is 0 Å². The van der Waals surface area contributed by atoms with Gasteiger partial charge in [-0.3, -0.25) is 0 Å². The number of pyridine rings is 2. The Bertz CT molecular complexity index is 2560. The van der Waals surface area contributed by atoms with Crippen LogP contribution < -0.4 is 5.19 Å². The molecule has 0 saturated carbocycles. The van der Waals surface area contributed by atoms with Crippen LogP contribution in [0.4, 0.5) is 13.2 Å². The third kappa shape index (κ3) is 7.91. The zero-order valence-corrected chi connectivity index (χ0v) is 33.4. The van der Waals surface area contributed by atoms with Crippen LogP contribution in [0, 0.1) is 35.5 Å².